The van der Waals surface area contributed by atoms with Crippen molar-refractivity contribution in [2.45, 2.75) is 50.7 Å². The lowest BCUT2D eigenvalue weighted by Crippen LogP contribution is -2.49. The van der Waals surface area contributed by atoms with Crippen molar-refractivity contribution in [1.82, 2.24) is 0 Å². The van der Waals surface area contributed by atoms with E-state index in [9.17, 15) is 4.39 Å². The van der Waals surface area contributed by atoms with Gasteiger partial charge in [-0.2, -0.15) is 0 Å². The molecule has 2 nitrogen and oxygen atoms in total. The van der Waals surface area contributed by atoms with Crippen molar-refractivity contribution >= 4 is 0 Å². The molecule has 1 aliphatic rings. The van der Waals surface area contributed by atoms with Gasteiger partial charge in [-0.15, -0.1) is 0 Å². The highest BCUT2D eigenvalue weighted by Crippen LogP contribution is 2.36. The lowest BCUT2D eigenvalue weighted by atomic mass is 9.88. The van der Waals surface area contributed by atoms with E-state index >= 15 is 0 Å². The van der Waals surface area contributed by atoms with E-state index in [1.165, 1.54) is 18.9 Å². The largest absolute Gasteiger partial charge is 0.374 e. The molecule has 1 unspecified atom stereocenters. The van der Waals surface area contributed by atoms with E-state index in [1.54, 1.807) is 12.1 Å². The van der Waals surface area contributed by atoms with Crippen molar-refractivity contribution in [2.75, 3.05) is 6.61 Å². The van der Waals surface area contributed by atoms with Gasteiger partial charge in [0.05, 0.1) is 5.60 Å². The highest BCUT2D eigenvalue weighted by atomic mass is 19.1. The van der Waals surface area contributed by atoms with Crippen LogP contribution in [-0.2, 0) is 11.2 Å². The summed E-state index contributed by atoms with van der Waals surface area (Å²) in [6, 6.07) is 6.63. The Hall–Kier alpha value is -0.930. The first-order valence-corrected chi connectivity index (χ1v) is 6.80. The van der Waals surface area contributed by atoms with Crippen molar-refractivity contribution in [3.8, 4) is 0 Å². The summed E-state index contributed by atoms with van der Waals surface area (Å²) in [5.41, 5.74) is 7.09. The molecule has 0 amide bonds. The standard InChI is InChI=1S/C15H22FNO/c1-2-18-15(8-3-4-9-15)14(17)11-12-6-5-7-13(16)10-12/h5-7,10,14H,2-4,8-9,11,17H2,1H3. The van der Waals surface area contributed by atoms with Crippen LogP contribution in [-0.4, -0.2) is 18.2 Å². The van der Waals surface area contributed by atoms with Crippen molar-refractivity contribution in [3.63, 3.8) is 0 Å². The van der Waals surface area contributed by atoms with Gasteiger partial charge < -0.3 is 10.5 Å². The quantitative estimate of drug-likeness (QED) is 0.873. The van der Waals surface area contributed by atoms with Crippen LogP contribution >= 0.6 is 0 Å². The second-order valence-corrected chi connectivity index (χ2v) is 5.15. The van der Waals surface area contributed by atoms with Crippen LogP contribution in [0, 0.1) is 5.82 Å². The van der Waals surface area contributed by atoms with Crippen LogP contribution in [0.4, 0.5) is 4.39 Å². The number of hydrogen-bond acceptors (Lipinski definition) is 2. The number of rotatable bonds is 5. The number of halogens is 1. The van der Waals surface area contributed by atoms with E-state index in [-0.39, 0.29) is 17.5 Å². The highest BCUT2D eigenvalue weighted by molar-refractivity contribution is 5.18. The summed E-state index contributed by atoms with van der Waals surface area (Å²) in [5, 5.41) is 0. The second kappa shape index (κ2) is 5.81. The molecule has 3 heteroatoms. The third-order valence-electron chi connectivity index (χ3n) is 3.90. The van der Waals surface area contributed by atoms with Gasteiger partial charge in [0, 0.05) is 12.6 Å². The Morgan fingerprint density at radius 3 is 2.72 bits per heavy atom. The molecule has 2 rings (SSSR count). The maximum Gasteiger partial charge on any atom is 0.123 e. The molecule has 1 atom stereocenters. The van der Waals surface area contributed by atoms with Gasteiger partial charge in [0.15, 0.2) is 0 Å². The summed E-state index contributed by atoms with van der Waals surface area (Å²) in [5.74, 6) is -0.198. The van der Waals surface area contributed by atoms with Gasteiger partial charge in [0.1, 0.15) is 5.82 Å². The van der Waals surface area contributed by atoms with Crippen LogP contribution in [0.1, 0.15) is 38.2 Å². The number of hydrogen-bond donors (Lipinski definition) is 1. The van der Waals surface area contributed by atoms with Crippen LogP contribution < -0.4 is 5.73 Å². The number of nitrogens with two attached hydrogens (primary N) is 1. The fraction of sp³-hybridized carbons (Fsp3) is 0.600. The molecule has 2 N–H and O–H groups in total. The van der Waals surface area contributed by atoms with E-state index in [0.29, 0.717) is 13.0 Å². The molecular weight excluding hydrogens is 229 g/mol. The normalized spacial score (nSPS) is 19.9. The van der Waals surface area contributed by atoms with E-state index < -0.39 is 0 Å². The van der Waals surface area contributed by atoms with Crippen molar-refractivity contribution in [3.05, 3.63) is 35.6 Å². The van der Waals surface area contributed by atoms with Crippen molar-refractivity contribution < 1.29 is 9.13 Å². The third-order valence-corrected chi connectivity index (χ3v) is 3.90. The summed E-state index contributed by atoms with van der Waals surface area (Å²) >= 11 is 0. The molecule has 0 aliphatic heterocycles. The predicted octanol–water partition coefficient (Wildman–Crippen LogP) is 3.04. The molecule has 1 aromatic rings. The highest BCUT2D eigenvalue weighted by Gasteiger charge is 2.40. The topological polar surface area (TPSA) is 35.2 Å². The Balaban J connectivity index is 2.07. The summed E-state index contributed by atoms with van der Waals surface area (Å²) in [6.45, 7) is 2.70. The van der Waals surface area contributed by atoms with Crippen LogP contribution in [0.25, 0.3) is 0 Å². The Kier molecular flexibility index (Phi) is 4.36. The fourth-order valence-electron chi connectivity index (χ4n) is 2.99. The minimum atomic E-state index is -0.198. The lowest BCUT2D eigenvalue weighted by Gasteiger charge is -2.35. The first-order valence-electron chi connectivity index (χ1n) is 6.80. The van der Waals surface area contributed by atoms with Gasteiger partial charge in [-0.05, 0) is 43.9 Å². The first-order chi connectivity index (χ1) is 8.66. The van der Waals surface area contributed by atoms with Crippen molar-refractivity contribution in [1.29, 1.82) is 0 Å². The molecule has 0 bridgehead atoms. The maximum absolute atomic E-state index is 13.2. The fourth-order valence-corrected chi connectivity index (χ4v) is 2.99. The maximum atomic E-state index is 13.2. The number of ether oxygens (including phenoxy) is 1. The SMILES string of the molecule is CCOC1(C(N)Cc2cccc(F)c2)CCCC1. The van der Waals surface area contributed by atoms with Gasteiger partial charge in [0.2, 0.25) is 0 Å². The van der Waals surface area contributed by atoms with Gasteiger partial charge in [-0.3, -0.25) is 0 Å². The molecule has 1 aromatic carbocycles. The molecule has 0 spiro atoms. The first kappa shape index (κ1) is 13.5. The monoisotopic (exact) mass is 251 g/mol. The molecule has 1 saturated carbocycles. The van der Waals surface area contributed by atoms with E-state index in [1.807, 2.05) is 13.0 Å². The zero-order valence-corrected chi connectivity index (χ0v) is 11.0. The molecule has 1 aliphatic carbocycles. The molecule has 1 fully saturated rings. The van der Waals surface area contributed by atoms with Gasteiger partial charge in [-0.25, -0.2) is 4.39 Å². The van der Waals surface area contributed by atoms with Crippen LogP contribution in [0.15, 0.2) is 24.3 Å². The minimum absolute atomic E-state index is 0.0539. The van der Waals surface area contributed by atoms with Crippen LogP contribution in [0.2, 0.25) is 0 Å². The van der Waals surface area contributed by atoms with E-state index in [2.05, 4.69) is 0 Å². The summed E-state index contributed by atoms with van der Waals surface area (Å²) in [4.78, 5) is 0. The average molecular weight is 251 g/mol. The van der Waals surface area contributed by atoms with Gasteiger partial charge in [0.25, 0.3) is 0 Å². The van der Waals surface area contributed by atoms with Gasteiger partial charge >= 0.3 is 0 Å². The molecule has 0 radical (unpaired) electrons. The molecule has 100 valence electrons. The summed E-state index contributed by atoms with van der Waals surface area (Å²) in [7, 11) is 0. The third kappa shape index (κ3) is 2.90. The molecule has 18 heavy (non-hydrogen) atoms. The summed E-state index contributed by atoms with van der Waals surface area (Å²) < 4.78 is 19.1. The van der Waals surface area contributed by atoms with Crippen LogP contribution in [0.5, 0.6) is 0 Å². The smallest absolute Gasteiger partial charge is 0.123 e. The Bertz CT molecular complexity index is 388. The van der Waals surface area contributed by atoms with E-state index in [0.717, 1.165) is 18.4 Å². The Labute approximate surface area is 108 Å². The molecule has 0 aromatic heterocycles. The second-order valence-electron chi connectivity index (χ2n) is 5.15. The lowest BCUT2D eigenvalue weighted by molar-refractivity contribution is -0.0525. The van der Waals surface area contributed by atoms with Gasteiger partial charge in [-0.1, -0.05) is 25.0 Å². The van der Waals surface area contributed by atoms with Crippen molar-refractivity contribution in [2.24, 2.45) is 5.73 Å². The number of benzene rings is 1. The minimum Gasteiger partial charge on any atom is -0.374 e. The zero-order valence-electron chi connectivity index (χ0n) is 11.0. The molecule has 0 heterocycles. The van der Waals surface area contributed by atoms with E-state index in [4.69, 9.17) is 10.5 Å². The molecular formula is C15H22FNO. The summed E-state index contributed by atoms with van der Waals surface area (Å²) in [6.07, 6.45) is 5.08. The molecule has 0 saturated heterocycles. The average Bonchev–Trinajstić information content (AvgIpc) is 2.79. The zero-order chi connectivity index (χ0) is 13.0. The predicted molar refractivity (Wildman–Crippen MR) is 70.9 cm³/mol. The Morgan fingerprint density at radius 2 is 2.11 bits per heavy atom. The Morgan fingerprint density at radius 1 is 1.39 bits per heavy atom. The van der Waals surface area contributed by atoms with Crippen LogP contribution in [0.3, 0.4) is 0 Å².